The van der Waals surface area contributed by atoms with E-state index in [9.17, 15) is 4.79 Å². The number of ether oxygens (including phenoxy) is 3. The van der Waals surface area contributed by atoms with E-state index in [0.29, 0.717) is 11.4 Å². The van der Waals surface area contributed by atoms with Crippen LogP contribution in [0.5, 0.6) is 5.75 Å². The summed E-state index contributed by atoms with van der Waals surface area (Å²) in [4.78, 5) is 11.7. The van der Waals surface area contributed by atoms with E-state index in [4.69, 9.17) is 14.2 Å². The summed E-state index contributed by atoms with van der Waals surface area (Å²) in [7, 11) is 1.55. The Hall–Kier alpha value is -2.53. The minimum atomic E-state index is -0.496. The topological polar surface area (TPSA) is 56.8 Å². The van der Waals surface area contributed by atoms with E-state index in [1.807, 2.05) is 30.3 Å². The number of methoxy groups -OCH3 is 1. The molecule has 2 rings (SSSR count). The lowest BCUT2D eigenvalue weighted by Crippen LogP contribution is -2.13. The largest absolute Gasteiger partial charge is 0.468 e. The van der Waals surface area contributed by atoms with E-state index in [1.54, 1.807) is 31.4 Å². The zero-order valence-electron chi connectivity index (χ0n) is 11.7. The summed E-state index contributed by atoms with van der Waals surface area (Å²) in [6.45, 7) is 0.424. The Bertz CT molecular complexity index is 554. The maximum absolute atomic E-state index is 11.7. The molecule has 1 amide bonds. The van der Waals surface area contributed by atoms with Crippen LogP contribution in [0.25, 0.3) is 0 Å². The third-order valence-corrected chi connectivity index (χ3v) is 2.66. The van der Waals surface area contributed by atoms with Gasteiger partial charge in [0.1, 0.15) is 12.4 Å². The van der Waals surface area contributed by atoms with Crippen molar-refractivity contribution >= 4 is 11.8 Å². The Morgan fingerprint density at radius 3 is 2.43 bits per heavy atom. The molecule has 1 N–H and O–H groups in total. The van der Waals surface area contributed by atoms with Crippen molar-refractivity contribution in [2.24, 2.45) is 0 Å². The summed E-state index contributed by atoms with van der Waals surface area (Å²) in [5.41, 5.74) is 1.58. The maximum Gasteiger partial charge on any atom is 0.411 e. The van der Waals surface area contributed by atoms with E-state index >= 15 is 0 Å². The minimum absolute atomic E-state index is 0.186. The molecule has 0 bridgehead atoms. The van der Waals surface area contributed by atoms with Crippen molar-refractivity contribution in [1.82, 2.24) is 0 Å². The van der Waals surface area contributed by atoms with Gasteiger partial charge in [-0.05, 0) is 29.8 Å². The SMILES string of the molecule is COCOc1ccc(NC(=O)OCc2ccccc2)cc1. The Labute approximate surface area is 123 Å². The van der Waals surface area contributed by atoms with Crippen LogP contribution in [0.2, 0.25) is 0 Å². The summed E-state index contributed by atoms with van der Waals surface area (Å²) in [6, 6.07) is 16.5. The van der Waals surface area contributed by atoms with Gasteiger partial charge >= 0.3 is 6.09 Å². The molecule has 0 unspecified atom stereocenters. The maximum atomic E-state index is 11.7. The summed E-state index contributed by atoms with van der Waals surface area (Å²) in [6.07, 6.45) is -0.496. The molecule has 0 spiro atoms. The van der Waals surface area contributed by atoms with Gasteiger partial charge in [-0.2, -0.15) is 0 Å². The number of benzene rings is 2. The number of nitrogens with one attached hydrogen (secondary N) is 1. The van der Waals surface area contributed by atoms with E-state index < -0.39 is 6.09 Å². The predicted octanol–water partition coefficient (Wildman–Crippen LogP) is 3.42. The highest BCUT2D eigenvalue weighted by Gasteiger charge is 2.04. The van der Waals surface area contributed by atoms with Crippen LogP contribution < -0.4 is 10.1 Å². The molecule has 0 aliphatic heterocycles. The Morgan fingerprint density at radius 2 is 1.76 bits per heavy atom. The molecule has 0 radical (unpaired) electrons. The molecular formula is C16H17NO4. The predicted molar refractivity (Wildman–Crippen MR) is 79.2 cm³/mol. The molecule has 0 aliphatic rings. The lowest BCUT2D eigenvalue weighted by Gasteiger charge is -2.08. The molecule has 5 nitrogen and oxygen atoms in total. The van der Waals surface area contributed by atoms with Crippen molar-refractivity contribution in [2.45, 2.75) is 6.61 Å². The average molecular weight is 287 g/mol. The molecule has 0 aromatic heterocycles. The number of anilines is 1. The number of amides is 1. The summed E-state index contributed by atoms with van der Waals surface area (Å²) < 4.78 is 15.2. The molecular weight excluding hydrogens is 270 g/mol. The van der Waals surface area contributed by atoms with Crippen molar-refractivity contribution in [2.75, 3.05) is 19.2 Å². The highest BCUT2D eigenvalue weighted by molar-refractivity contribution is 5.84. The Kier molecular flexibility index (Phi) is 5.60. The normalized spacial score (nSPS) is 9.95. The molecule has 0 heterocycles. The van der Waals surface area contributed by atoms with Crippen molar-refractivity contribution in [3.8, 4) is 5.75 Å². The molecule has 2 aromatic carbocycles. The van der Waals surface area contributed by atoms with Crippen LogP contribution >= 0.6 is 0 Å². The van der Waals surface area contributed by atoms with Crippen molar-refractivity contribution in [1.29, 1.82) is 0 Å². The average Bonchev–Trinajstić information content (AvgIpc) is 2.53. The molecule has 2 aromatic rings. The minimum Gasteiger partial charge on any atom is -0.468 e. The van der Waals surface area contributed by atoms with Crippen molar-refractivity contribution < 1.29 is 19.0 Å². The van der Waals surface area contributed by atoms with Gasteiger partial charge in [0.05, 0.1) is 0 Å². The molecule has 110 valence electrons. The lowest BCUT2D eigenvalue weighted by atomic mass is 10.2. The van der Waals surface area contributed by atoms with Crippen LogP contribution in [-0.2, 0) is 16.1 Å². The molecule has 0 aliphatic carbocycles. The first kappa shape index (κ1) is 14.9. The smallest absolute Gasteiger partial charge is 0.411 e. The van der Waals surface area contributed by atoms with Crippen LogP contribution in [0.4, 0.5) is 10.5 Å². The highest BCUT2D eigenvalue weighted by Crippen LogP contribution is 2.16. The zero-order chi connectivity index (χ0) is 14.9. The summed E-state index contributed by atoms with van der Waals surface area (Å²) in [5.74, 6) is 0.667. The van der Waals surface area contributed by atoms with Crippen molar-refractivity contribution in [3.05, 3.63) is 60.2 Å². The van der Waals surface area contributed by atoms with E-state index in [1.165, 1.54) is 0 Å². The first-order valence-electron chi connectivity index (χ1n) is 6.47. The molecule has 0 saturated carbocycles. The van der Waals surface area contributed by atoms with Gasteiger partial charge in [-0.25, -0.2) is 4.79 Å². The lowest BCUT2D eigenvalue weighted by molar-refractivity contribution is 0.0511. The van der Waals surface area contributed by atoms with Gasteiger partial charge in [-0.15, -0.1) is 0 Å². The first-order valence-corrected chi connectivity index (χ1v) is 6.47. The number of hydrogen-bond acceptors (Lipinski definition) is 4. The van der Waals surface area contributed by atoms with Crippen LogP contribution in [0.3, 0.4) is 0 Å². The fourth-order valence-corrected chi connectivity index (χ4v) is 1.64. The second-order valence-corrected chi connectivity index (χ2v) is 4.26. The van der Waals surface area contributed by atoms with Gasteiger partial charge in [0.25, 0.3) is 0 Å². The fraction of sp³-hybridized carbons (Fsp3) is 0.188. The number of carbonyl (C=O) groups is 1. The van der Waals surface area contributed by atoms with Crippen LogP contribution in [0, 0.1) is 0 Å². The van der Waals surface area contributed by atoms with Gasteiger partial charge in [-0.1, -0.05) is 30.3 Å². The Balaban J connectivity index is 1.79. The number of rotatable bonds is 6. The number of hydrogen-bond donors (Lipinski definition) is 1. The second-order valence-electron chi connectivity index (χ2n) is 4.26. The zero-order valence-corrected chi connectivity index (χ0v) is 11.7. The van der Waals surface area contributed by atoms with Gasteiger partial charge in [-0.3, -0.25) is 5.32 Å². The van der Waals surface area contributed by atoms with Crippen LogP contribution in [-0.4, -0.2) is 20.0 Å². The molecule has 0 atom stereocenters. The van der Waals surface area contributed by atoms with E-state index in [0.717, 1.165) is 5.56 Å². The molecule has 21 heavy (non-hydrogen) atoms. The van der Waals surface area contributed by atoms with Gasteiger partial charge in [0, 0.05) is 12.8 Å². The van der Waals surface area contributed by atoms with Crippen LogP contribution in [0.15, 0.2) is 54.6 Å². The molecule has 0 fully saturated rings. The fourth-order valence-electron chi connectivity index (χ4n) is 1.64. The molecule has 5 heteroatoms. The van der Waals surface area contributed by atoms with Gasteiger partial charge in [0.15, 0.2) is 6.79 Å². The second kappa shape index (κ2) is 7.91. The monoisotopic (exact) mass is 287 g/mol. The van der Waals surface area contributed by atoms with E-state index in [-0.39, 0.29) is 13.4 Å². The van der Waals surface area contributed by atoms with E-state index in [2.05, 4.69) is 5.32 Å². The summed E-state index contributed by atoms with van der Waals surface area (Å²) in [5, 5.41) is 2.65. The third kappa shape index (κ3) is 5.16. The quantitative estimate of drug-likeness (QED) is 0.827. The van der Waals surface area contributed by atoms with Gasteiger partial charge < -0.3 is 14.2 Å². The first-order chi connectivity index (χ1) is 10.3. The standard InChI is InChI=1S/C16H17NO4/c1-19-12-21-15-9-7-14(8-10-15)17-16(18)20-11-13-5-3-2-4-6-13/h2-10H,11-12H2,1H3,(H,17,18). The van der Waals surface area contributed by atoms with Crippen LogP contribution in [0.1, 0.15) is 5.56 Å². The van der Waals surface area contributed by atoms with Crippen molar-refractivity contribution in [3.63, 3.8) is 0 Å². The molecule has 0 saturated heterocycles. The number of carbonyl (C=O) groups excluding carboxylic acids is 1. The summed E-state index contributed by atoms with van der Waals surface area (Å²) >= 11 is 0. The Morgan fingerprint density at radius 1 is 1.05 bits per heavy atom. The van der Waals surface area contributed by atoms with Gasteiger partial charge in [0.2, 0.25) is 0 Å². The highest BCUT2D eigenvalue weighted by atomic mass is 16.7. The third-order valence-electron chi connectivity index (χ3n) is 2.66.